The Morgan fingerprint density at radius 2 is 1.88 bits per heavy atom. The quantitative estimate of drug-likeness (QED) is 0.547. The maximum absolute atomic E-state index is 8.81. The minimum Gasteiger partial charge on any atom is -0.335 e. The SMILES string of the molecule is N#Cc1ccc(CSc2nnc(-c3cc(Cl)ccc3Cl)n2N)cc1. The summed E-state index contributed by atoms with van der Waals surface area (Å²) in [5, 5.41) is 18.6. The minimum absolute atomic E-state index is 0.449. The third-order valence-corrected chi connectivity index (χ3v) is 4.86. The molecular formula is C16H11Cl2N5S. The molecule has 2 N–H and O–H groups in total. The van der Waals surface area contributed by atoms with Crippen molar-refractivity contribution < 1.29 is 0 Å². The Morgan fingerprint density at radius 3 is 2.58 bits per heavy atom. The van der Waals surface area contributed by atoms with E-state index < -0.39 is 0 Å². The number of nitrogen functional groups attached to an aromatic ring is 1. The molecular weight excluding hydrogens is 365 g/mol. The molecule has 0 spiro atoms. The van der Waals surface area contributed by atoms with Crippen LogP contribution in [0.25, 0.3) is 11.4 Å². The summed E-state index contributed by atoms with van der Waals surface area (Å²) in [5.41, 5.74) is 2.32. The van der Waals surface area contributed by atoms with E-state index in [9.17, 15) is 0 Å². The molecule has 0 saturated heterocycles. The second kappa shape index (κ2) is 7.14. The molecule has 3 rings (SSSR count). The number of nitrogens with two attached hydrogens (primary N) is 1. The zero-order valence-electron chi connectivity index (χ0n) is 12.3. The summed E-state index contributed by atoms with van der Waals surface area (Å²) >= 11 is 13.6. The van der Waals surface area contributed by atoms with Gasteiger partial charge in [0, 0.05) is 16.3 Å². The van der Waals surface area contributed by atoms with Gasteiger partial charge in [-0.1, -0.05) is 47.1 Å². The van der Waals surface area contributed by atoms with Crippen LogP contribution in [0.15, 0.2) is 47.6 Å². The van der Waals surface area contributed by atoms with Gasteiger partial charge in [0.15, 0.2) is 5.82 Å². The molecule has 120 valence electrons. The lowest BCUT2D eigenvalue weighted by Gasteiger charge is -2.06. The first-order chi connectivity index (χ1) is 11.6. The van der Waals surface area contributed by atoms with Gasteiger partial charge in [-0.3, -0.25) is 0 Å². The predicted octanol–water partition coefficient (Wildman–Crippen LogP) is 4.13. The second-order valence-electron chi connectivity index (χ2n) is 4.90. The number of rotatable bonds is 4. The summed E-state index contributed by atoms with van der Waals surface area (Å²) in [4.78, 5) is 0. The first-order valence-corrected chi connectivity index (χ1v) is 8.60. The standard InChI is InChI=1S/C16H11Cl2N5S/c17-12-5-6-14(18)13(7-12)15-21-22-16(23(15)20)24-9-11-3-1-10(8-19)2-4-11/h1-7H,9,20H2. The highest BCUT2D eigenvalue weighted by molar-refractivity contribution is 7.98. The zero-order valence-corrected chi connectivity index (χ0v) is 14.6. The summed E-state index contributed by atoms with van der Waals surface area (Å²) in [5.74, 6) is 7.20. The van der Waals surface area contributed by atoms with Gasteiger partial charge in [-0.15, -0.1) is 10.2 Å². The van der Waals surface area contributed by atoms with Crippen LogP contribution in [0.4, 0.5) is 0 Å². The average Bonchev–Trinajstić information content (AvgIpc) is 2.96. The Balaban J connectivity index is 1.80. The smallest absolute Gasteiger partial charge is 0.210 e. The highest BCUT2D eigenvalue weighted by Gasteiger charge is 2.15. The number of thioether (sulfide) groups is 1. The molecule has 8 heteroatoms. The van der Waals surface area contributed by atoms with Crippen LogP contribution in [0.5, 0.6) is 0 Å². The highest BCUT2D eigenvalue weighted by Crippen LogP contribution is 2.31. The normalized spacial score (nSPS) is 10.5. The Bertz CT molecular complexity index is 915. The number of nitriles is 1. The van der Waals surface area contributed by atoms with Gasteiger partial charge in [-0.25, -0.2) is 4.68 Å². The van der Waals surface area contributed by atoms with Gasteiger partial charge in [0.05, 0.1) is 16.7 Å². The Labute approximate surface area is 153 Å². The first-order valence-electron chi connectivity index (χ1n) is 6.86. The number of hydrogen-bond donors (Lipinski definition) is 1. The average molecular weight is 376 g/mol. The topological polar surface area (TPSA) is 80.5 Å². The lowest BCUT2D eigenvalue weighted by Crippen LogP contribution is -2.11. The van der Waals surface area contributed by atoms with Gasteiger partial charge in [0.2, 0.25) is 5.16 Å². The van der Waals surface area contributed by atoms with Gasteiger partial charge >= 0.3 is 0 Å². The van der Waals surface area contributed by atoms with Crippen LogP contribution in [0.1, 0.15) is 11.1 Å². The van der Waals surface area contributed by atoms with E-state index in [2.05, 4.69) is 16.3 Å². The van der Waals surface area contributed by atoms with Crippen molar-refractivity contribution in [3.8, 4) is 17.5 Å². The van der Waals surface area contributed by atoms with Crippen LogP contribution in [0.2, 0.25) is 10.0 Å². The molecule has 0 bridgehead atoms. The van der Waals surface area contributed by atoms with Gasteiger partial charge < -0.3 is 5.84 Å². The monoisotopic (exact) mass is 375 g/mol. The first kappa shape index (κ1) is 16.7. The molecule has 1 aromatic heterocycles. The van der Waals surface area contributed by atoms with Crippen LogP contribution in [0.3, 0.4) is 0 Å². The van der Waals surface area contributed by atoms with Crippen molar-refractivity contribution >= 4 is 35.0 Å². The predicted molar refractivity (Wildman–Crippen MR) is 96.3 cm³/mol. The Kier molecular flexibility index (Phi) is 4.95. The number of hydrogen-bond acceptors (Lipinski definition) is 5. The zero-order chi connectivity index (χ0) is 17.1. The molecule has 2 aromatic carbocycles. The lowest BCUT2D eigenvalue weighted by atomic mass is 10.2. The van der Waals surface area contributed by atoms with Gasteiger partial charge in [-0.2, -0.15) is 5.26 Å². The van der Waals surface area contributed by atoms with Crippen LogP contribution in [-0.2, 0) is 5.75 Å². The van der Waals surface area contributed by atoms with Crippen molar-refractivity contribution in [2.24, 2.45) is 0 Å². The third kappa shape index (κ3) is 3.49. The fourth-order valence-electron chi connectivity index (χ4n) is 2.05. The van der Waals surface area contributed by atoms with E-state index >= 15 is 0 Å². The lowest BCUT2D eigenvalue weighted by molar-refractivity contribution is 0.849. The molecule has 1 heterocycles. The molecule has 0 radical (unpaired) electrons. The molecule has 3 aromatic rings. The highest BCUT2D eigenvalue weighted by atomic mass is 35.5. The molecule has 0 aliphatic heterocycles. The van der Waals surface area contributed by atoms with E-state index in [1.54, 1.807) is 30.3 Å². The van der Waals surface area contributed by atoms with Crippen molar-refractivity contribution in [3.63, 3.8) is 0 Å². The van der Waals surface area contributed by atoms with Crippen LogP contribution < -0.4 is 5.84 Å². The summed E-state index contributed by atoms with van der Waals surface area (Å²) in [7, 11) is 0. The van der Waals surface area contributed by atoms with Crippen LogP contribution >= 0.6 is 35.0 Å². The molecule has 24 heavy (non-hydrogen) atoms. The van der Waals surface area contributed by atoms with Crippen molar-refractivity contribution in [1.29, 1.82) is 5.26 Å². The van der Waals surface area contributed by atoms with E-state index in [-0.39, 0.29) is 0 Å². The molecule has 0 saturated carbocycles. The van der Waals surface area contributed by atoms with Gasteiger partial charge in [0.1, 0.15) is 0 Å². The van der Waals surface area contributed by atoms with Crippen molar-refractivity contribution in [1.82, 2.24) is 14.9 Å². The van der Waals surface area contributed by atoms with E-state index in [4.69, 9.17) is 34.3 Å². The number of halogens is 2. The number of nitrogens with zero attached hydrogens (tertiary/aromatic N) is 4. The van der Waals surface area contributed by atoms with Crippen LogP contribution in [0, 0.1) is 11.3 Å². The third-order valence-electron chi connectivity index (χ3n) is 3.28. The maximum atomic E-state index is 8.81. The van der Waals surface area contributed by atoms with Gasteiger partial charge in [-0.05, 0) is 35.9 Å². The Hall–Kier alpha value is -2.20. The van der Waals surface area contributed by atoms with Crippen molar-refractivity contribution in [3.05, 3.63) is 63.6 Å². The molecule has 5 nitrogen and oxygen atoms in total. The van der Waals surface area contributed by atoms with Crippen molar-refractivity contribution in [2.45, 2.75) is 10.9 Å². The van der Waals surface area contributed by atoms with Gasteiger partial charge in [0.25, 0.3) is 0 Å². The fourth-order valence-corrected chi connectivity index (χ4v) is 3.24. The number of benzene rings is 2. The fraction of sp³-hybridized carbons (Fsp3) is 0.0625. The molecule has 0 fully saturated rings. The largest absolute Gasteiger partial charge is 0.335 e. The van der Waals surface area contributed by atoms with Crippen LogP contribution in [-0.4, -0.2) is 14.9 Å². The van der Waals surface area contributed by atoms with E-state index in [0.29, 0.717) is 37.9 Å². The minimum atomic E-state index is 0.449. The Morgan fingerprint density at radius 1 is 1.12 bits per heavy atom. The molecule has 0 aliphatic carbocycles. The van der Waals surface area contributed by atoms with E-state index in [1.165, 1.54) is 16.4 Å². The molecule has 0 unspecified atom stereocenters. The number of aromatic nitrogens is 3. The maximum Gasteiger partial charge on any atom is 0.210 e. The molecule has 0 atom stereocenters. The summed E-state index contributed by atoms with van der Waals surface area (Å²) in [6, 6.07) is 14.5. The summed E-state index contributed by atoms with van der Waals surface area (Å²) in [6.45, 7) is 0. The van der Waals surface area contributed by atoms with E-state index in [0.717, 1.165) is 5.56 Å². The van der Waals surface area contributed by atoms with E-state index in [1.807, 2.05) is 12.1 Å². The van der Waals surface area contributed by atoms with Crippen molar-refractivity contribution in [2.75, 3.05) is 5.84 Å². The second-order valence-corrected chi connectivity index (χ2v) is 6.68. The summed E-state index contributed by atoms with van der Waals surface area (Å²) in [6.07, 6.45) is 0. The molecule has 0 aliphatic rings. The summed E-state index contributed by atoms with van der Waals surface area (Å²) < 4.78 is 1.39. The molecule has 0 amide bonds.